The number of rotatable bonds is 2. The molecule has 3 rings (SSSR count). The molecule has 0 radical (unpaired) electrons. The molecule has 1 N–H and O–H groups in total. The Morgan fingerprint density at radius 1 is 1.38 bits per heavy atom. The Hall–Kier alpha value is -0.580. The summed E-state index contributed by atoms with van der Waals surface area (Å²) in [5.41, 5.74) is 0.743. The minimum atomic E-state index is -0.414. The molecule has 1 spiro atoms. The molecule has 4 heteroatoms. The third-order valence-electron chi connectivity index (χ3n) is 4.61. The van der Waals surface area contributed by atoms with Gasteiger partial charge < -0.3 is 14.7 Å². The molecule has 116 valence electrons. The molecule has 0 amide bonds. The molecule has 1 atom stereocenters. The predicted molar refractivity (Wildman–Crippen MR) is 87.6 cm³/mol. The Morgan fingerprint density at radius 3 is 2.76 bits per heavy atom. The van der Waals surface area contributed by atoms with Crippen molar-refractivity contribution in [2.45, 2.75) is 44.8 Å². The van der Waals surface area contributed by atoms with Gasteiger partial charge in [-0.05, 0) is 37.0 Å². The van der Waals surface area contributed by atoms with Crippen LogP contribution in [0.25, 0.3) is 0 Å². The van der Waals surface area contributed by atoms with Crippen LogP contribution in [0.5, 0.6) is 5.75 Å². The van der Waals surface area contributed by atoms with Crippen molar-refractivity contribution in [1.82, 2.24) is 4.90 Å². The number of hydrogen-bond donors (Lipinski definition) is 1. The summed E-state index contributed by atoms with van der Waals surface area (Å²) >= 11 is 3.46. The first-order valence-corrected chi connectivity index (χ1v) is 8.66. The molecule has 1 saturated heterocycles. The van der Waals surface area contributed by atoms with E-state index in [2.05, 4.69) is 34.7 Å². The zero-order chi connectivity index (χ0) is 15.0. The van der Waals surface area contributed by atoms with Crippen molar-refractivity contribution in [3.63, 3.8) is 0 Å². The van der Waals surface area contributed by atoms with Gasteiger partial charge >= 0.3 is 0 Å². The van der Waals surface area contributed by atoms with Crippen molar-refractivity contribution in [3.8, 4) is 5.75 Å². The summed E-state index contributed by atoms with van der Waals surface area (Å²) in [6.45, 7) is 7.81. The first kappa shape index (κ1) is 15.3. The van der Waals surface area contributed by atoms with Crippen LogP contribution in [0.15, 0.2) is 22.7 Å². The molecule has 2 aliphatic heterocycles. The highest BCUT2D eigenvalue weighted by atomic mass is 79.9. The lowest BCUT2D eigenvalue weighted by molar-refractivity contribution is -0.0551. The van der Waals surface area contributed by atoms with Crippen LogP contribution in [0.3, 0.4) is 0 Å². The van der Waals surface area contributed by atoms with Gasteiger partial charge in [-0.15, -0.1) is 0 Å². The van der Waals surface area contributed by atoms with Crippen LogP contribution in [0.4, 0.5) is 0 Å². The minimum Gasteiger partial charge on any atom is -0.487 e. The number of hydrogen-bond acceptors (Lipinski definition) is 3. The van der Waals surface area contributed by atoms with E-state index in [1.807, 2.05) is 18.2 Å². The smallest absolute Gasteiger partial charge is 0.126 e. The van der Waals surface area contributed by atoms with Gasteiger partial charge in [0.25, 0.3) is 0 Å². The lowest BCUT2D eigenvalue weighted by Gasteiger charge is -2.46. The second-order valence-corrected chi connectivity index (χ2v) is 7.80. The summed E-state index contributed by atoms with van der Waals surface area (Å²) in [5.74, 6) is 1.56. The highest BCUT2D eigenvalue weighted by Gasteiger charge is 2.42. The minimum absolute atomic E-state index is 0.173. The number of benzene rings is 1. The number of halogens is 1. The van der Waals surface area contributed by atoms with Crippen LogP contribution in [-0.2, 0) is 0 Å². The third kappa shape index (κ3) is 3.27. The summed E-state index contributed by atoms with van der Waals surface area (Å²) in [6.07, 6.45) is 2.31. The number of aliphatic hydroxyl groups excluding tert-OH is 1. The van der Waals surface area contributed by atoms with Gasteiger partial charge in [0.05, 0.1) is 6.10 Å². The van der Waals surface area contributed by atoms with Crippen molar-refractivity contribution in [1.29, 1.82) is 0 Å². The van der Waals surface area contributed by atoms with Gasteiger partial charge in [0.1, 0.15) is 11.4 Å². The van der Waals surface area contributed by atoms with Crippen molar-refractivity contribution in [3.05, 3.63) is 28.2 Å². The second-order valence-electron chi connectivity index (χ2n) is 6.88. The van der Waals surface area contributed by atoms with Crippen molar-refractivity contribution in [2.24, 2.45) is 5.92 Å². The zero-order valence-corrected chi connectivity index (χ0v) is 14.4. The average molecular weight is 354 g/mol. The number of nitrogens with zero attached hydrogens (tertiary/aromatic N) is 1. The van der Waals surface area contributed by atoms with Crippen LogP contribution in [0.2, 0.25) is 0 Å². The number of fused-ring (bicyclic) bond motifs is 1. The van der Waals surface area contributed by atoms with E-state index in [1.54, 1.807) is 0 Å². The standard InChI is InChI=1S/C17H24BrNO2/c1-12(2)11-19-7-5-17(6-8-19)10-15(20)14-9-13(18)3-4-16(14)21-17/h3-4,9,12,15,20H,5-8,10-11H2,1-2H3/t15-/m1/s1. The van der Waals surface area contributed by atoms with Gasteiger partial charge in [-0.3, -0.25) is 0 Å². The summed E-state index contributed by atoms with van der Waals surface area (Å²) in [7, 11) is 0. The molecule has 0 aromatic heterocycles. The van der Waals surface area contributed by atoms with E-state index in [0.29, 0.717) is 12.3 Å². The summed E-state index contributed by atoms with van der Waals surface area (Å²) < 4.78 is 7.32. The van der Waals surface area contributed by atoms with Crippen LogP contribution < -0.4 is 4.74 Å². The van der Waals surface area contributed by atoms with E-state index < -0.39 is 6.10 Å². The summed E-state index contributed by atoms with van der Waals surface area (Å²) in [5, 5.41) is 10.5. The monoisotopic (exact) mass is 353 g/mol. The number of ether oxygens (including phenoxy) is 1. The van der Waals surface area contributed by atoms with Crippen molar-refractivity contribution >= 4 is 15.9 Å². The van der Waals surface area contributed by atoms with Crippen LogP contribution in [-0.4, -0.2) is 35.2 Å². The quantitative estimate of drug-likeness (QED) is 0.878. The topological polar surface area (TPSA) is 32.7 Å². The lowest BCUT2D eigenvalue weighted by atomic mass is 9.81. The van der Waals surface area contributed by atoms with Gasteiger partial charge in [-0.25, -0.2) is 0 Å². The van der Waals surface area contributed by atoms with Gasteiger partial charge in [0.2, 0.25) is 0 Å². The molecule has 0 aliphatic carbocycles. The molecule has 0 unspecified atom stereocenters. The molecule has 0 bridgehead atoms. The molecular weight excluding hydrogens is 330 g/mol. The van der Waals surface area contributed by atoms with E-state index in [4.69, 9.17) is 4.74 Å². The summed E-state index contributed by atoms with van der Waals surface area (Å²) in [6, 6.07) is 5.93. The molecular formula is C17H24BrNO2. The van der Waals surface area contributed by atoms with Crippen LogP contribution >= 0.6 is 15.9 Å². The fourth-order valence-corrected chi connectivity index (χ4v) is 3.95. The Morgan fingerprint density at radius 2 is 2.10 bits per heavy atom. The fraction of sp³-hybridized carbons (Fsp3) is 0.647. The molecule has 2 aliphatic rings. The number of piperidine rings is 1. The van der Waals surface area contributed by atoms with E-state index >= 15 is 0 Å². The SMILES string of the molecule is CC(C)CN1CCC2(CC1)C[C@@H](O)c1cc(Br)ccc1O2. The Kier molecular flexibility index (Phi) is 4.30. The molecule has 1 fully saturated rings. The molecule has 21 heavy (non-hydrogen) atoms. The average Bonchev–Trinajstić information content (AvgIpc) is 2.42. The molecule has 3 nitrogen and oxygen atoms in total. The molecule has 1 aromatic carbocycles. The maximum absolute atomic E-state index is 10.5. The largest absolute Gasteiger partial charge is 0.487 e. The van der Waals surface area contributed by atoms with E-state index in [0.717, 1.165) is 48.3 Å². The van der Waals surface area contributed by atoms with Crippen LogP contribution in [0, 0.1) is 5.92 Å². The maximum atomic E-state index is 10.5. The lowest BCUT2D eigenvalue weighted by Crippen LogP contribution is -2.51. The first-order valence-electron chi connectivity index (χ1n) is 7.86. The van der Waals surface area contributed by atoms with Crippen molar-refractivity contribution < 1.29 is 9.84 Å². The highest BCUT2D eigenvalue weighted by Crippen LogP contribution is 2.44. The molecule has 2 heterocycles. The fourth-order valence-electron chi connectivity index (χ4n) is 3.58. The molecule has 1 aromatic rings. The second kappa shape index (κ2) is 5.90. The van der Waals surface area contributed by atoms with Gasteiger partial charge in [-0.2, -0.15) is 0 Å². The maximum Gasteiger partial charge on any atom is 0.126 e. The number of likely N-dealkylation sites (tertiary alicyclic amines) is 1. The first-order chi connectivity index (χ1) is 9.97. The molecule has 0 saturated carbocycles. The van der Waals surface area contributed by atoms with Gasteiger partial charge in [-0.1, -0.05) is 29.8 Å². The van der Waals surface area contributed by atoms with E-state index in [-0.39, 0.29) is 5.60 Å². The van der Waals surface area contributed by atoms with E-state index in [1.165, 1.54) is 0 Å². The Balaban J connectivity index is 1.73. The number of aliphatic hydroxyl groups is 1. The van der Waals surface area contributed by atoms with Gasteiger partial charge in [0, 0.05) is 36.1 Å². The summed E-state index contributed by atoms with van der Waals surface area (Å²) in [4.78, 5) is 2.52. The van der Waals surface area contributed by atoms with Crippen molar-refractivity contribution in [2.75, 3.05) is 19.6 Å². The Bertz CT molecular complexity index is 510. The van der Waals surface area contributed by atoms with Crippen LogP contribution in [0.1, 0.15) is 44.8 Å². The van der Waals surface area contributed by atoms with Gasteiger partial charge in [0.15, 0.2) is 0 Å². The Labute approximate surface area is 135 Å². The predicted octanol–water partition coefficient (Wildman–Crippen LogP) is 3.76. The third-order valence-corrected chi connectivity index (χ3v) is 5.11. The van der Waals surface area contributed by atoms with E-state index in [9.17, 15) is 5.11 Å². The normalized spacial score (nSPS) is 24.9. The highest BCUT2D eigenvalue weighted by molar-refractivity contribution is 9.10. The zero-order valence-electron chi connectivity index (χ0n) is 12.8.